The Balaban J connectivity index is 0.947. The second-order valence-electron chi connectivity index (χ2n) is 15.3. The number of hydrogen-bond donors (Lipinski definition) is 3. The van der Waals surface area contributed by atoms with Crippen molar-refractivity contribution in [3.8, 4) is 5.75 Å². The molecule has 0 radical (unpaired) electrons. The molecular formula is C39H48F3N7O4. The lowest BCUT2D eigenvalue weighted by Gasteiger charge is -2.42. The van der Waals surface area contributed by atoms with E-state index >= 15 is 0 Å². The summed E-state index contributed by atoms with van der Waals surface area (Å²) in [6.07, 6.45) is 2.83. The summed E-state index contributed by atoms with van der Waals surface area (Å²) in [5.41, 5.74) is 8.18. The normalized spacial score (nSPS) is 25.0. The second-order valence-corrected chi connectivity index (χ2v) is 15.3. The molecule has 3 aliphatic rings. The van der Waals surface area contributed by atoms with E-state index in [1.807, 2.05) is 26.0 Å². The molecule has 4 N–H and O–H groups in total. The molecule has 2 aromatic carbocycles. The van der Waals surface area contributed by atoms with E-state index in [4.69, 9.17) is 24.9 Å². The van der Waals surface area contributed by atoms with E-state index in [1.54, 1.807) is 13.4 Å². The molecule has 2 aromatic heterocycles. The Kier molecular flexibility index (Phi) is 10.1. The van der Waals surface area contributed by atoms with Crippen LogP contribution in [0.4, 0.5) is 30.4 Å². The van der Waals surface area contributed by atoms with E-state index in [0.717, 1.165) is 71.7 Å². The van der Waals surface area contributed by atoms with Crippen LogP contribution in [-0.4, -0.2) is 70.1 Å². The molecule has 1 amide bonds. The lowest BCUT2D eigenvalue weighted by Crippen LogP contribution is -2.46. The number of benzene rings is 2. The molecule has 2 aliphatic carbocycles. The van der Waals surface area contributed by atoms with E-state index in [2.05, 4.69) is 57.4 Å². The lowest BCUT2D eigenvalue weighted by molar-refractivity contribution is -0.161. The highest BCUT2D eigenvalue weighted by atomic mass is 19.4. The molecule has 0 spiro atoms. The van der Waals surface area contributed by atoms with Gasteiger partial charge >= 0.3 is 6.18 Å². The standard InChI is InChI=1S/C39H48F3N7O4/c1-22-14-28(51-5)9-7-24(22)19-44-36-29-12-13-49(37(29)46-21-45-36)32-17-25(34-35(32)53-38(2,3)52-34)20-48(4)27-15-23(16-27)6-11-33(50)47-31-10-8-26(18-30(31)43)39(40,41)42/h7-10,12-14,18,21,23,25,27,32,34-35H,6,11,15-17,19-20,43H2,1-5H3,(H,47,50)(H,44,45,46)/t23?,25-,27?,32-,34-,35+/m1/s1. The molecular weight excluding hydrogens is 687 g/mol. The Morgan fingerprint density at radius 2 is 1.87 bits per heavy atom. The van der Waals surface area contributed by atoms with Gasteiger partial charge in [0.1, 0.15) is 29.6 Å². The number of carbonyl (C=O) groups excluding carboxylic acids is 1. The van der Waals surface area contributed by atoms with Gasteiger partial charge in [0.15, 0.2) is 5.79 Å². The van der Waals surface area contributed by atoms with Crippen LogP contribution in [0.3, 0.4) is 0 Å². The minimum Gasteiger partial charge on any atom is -0.497 e. The molecule has 1 saturated heterocycles. The first kappa shape index (κ1) is 36.9. The number of nitrogen functional groups attached to an aromatic ring is 1. The zero-order valence-electron chi connectivity index (χ0n) is 30.7. The Morgan fingerprint density at radius 1 is 1.09 bits per heavy atom. The number of fused-ring (bicyclic) bond motifs is 2. The summed E-state index contributed by atoms with van der Waals surface area (Å²) in [5.74, 6) is 1.30. The van der Waals surface area contributed by atoms with Crippen molar-refractivity contribution < 1.29 is 32.2 Å². The highest BCUT2D eigenvalue weighted by Crippen LogP contribution is 2.49. The molecule has 53 heavy (non-hydrogen) atoms. The van der Waals surface area contributed by atoms with Crippen LogP contribution in [0.2, 0.25) is 0 Å². The van der Waals surface area contributed by atoms with Gasteiger partial charge in [-0.2, -0.15) is 13.2 Å². The summed E-state index contributed by atoms with van der Waals surface area (Å²) < 4.78 is 59.6. The van der Waals surface area contributed by atoms with E-state index in [-0.39, 0.29) is 47.9 Å². The van der Waals surface area contributed by atoms with Crippen molar-refractivity contribution in [2.45, 2.75) is 95.7 Å². The highest BCUT2D eigenvalue weighted by Gasteiger charge is 2.55. The number of alkyl halides is 3. The predicted molar refractivity (Wildman–Crippen MR) is 196 cm³/mol. The SMILES string of the molecule is COc1ccc(CNc2ncnc3c2ccn3[C@@H]2C[C@H](CN(C)C3CC(CCC(=O)Nc4ccc(C(F)(F)F)cc4N)C3)[C@H]3OC(C)(C)O[C@H]32)c(C)c1. The molecule has 284 valence electrons. The van der Waals surface area contributed by atoms with Gasteiger partial charge in [0.2, 0.25) is 5.91 Å². The Bertz CT molecular complexity index is 1960. The van der Waals surface area contributed by atoms with Crippen LogP contribution in [0.15, 0.2) is 55.0 Å². The Labute approximate surface area is 307 Å². The number of halogens is 3. The smallest absolute Gasteiger partial charge is 0.416 e. The van der Waals surface area contributed by atoms with Crippen molar-refractivity contribution in [2.75, 3.05) is 37.1 Å². The maximum absolute atomic E-state index is 13.0. The van der Waals surface area contributed by atoms with Crippen LogP contribution in [0.5, 0.6) is 5.75 Å². The van der Waals surface area contributed by atoms with Crippen LogP contribution in [-0.2, 0) is 27.0 Å². The largest absolute Gasteiger partial charge is 0.497 e. The summed E-state index contributed by atoms with van der Waals surface area (Å²) in [4.78, 5) is 24.3. The first-order valence-electron chi connectivity index (χ1n) is 18.2. The van der Waals surface area contributed by atoms with Gasteiger partial charge in [0.05, 0.1) is 41.6 Å². The summed E-state index contributed by atoms with van der Waals surface area (Å²) >= 11 is 0. The Morgan fingerprint density at radius 3 is 2.58 bits per heavy atom. The van der Waals surface area contributed by atoms with Gasteiger partial charge in [-0.3, -0.25) is 4.79 Å². The fraction of sp³-hybridized carbons (Fsp3) is 0.513. The van der Waals surface area contributed by atoms with Crippen molar-refractivity contribution in [1.82, 2.24) is 19.4 Å². The number of hydrogen-bond acceptors (Lipinski definition) is 9. The number of anilines is 3. The summed E-state index contributed by atoms with van der Waals surface area (Å²) in [7, 11) is 3.83. The lowest BCUT2D eigenvalue weighted by atomic mass is 9.76. The van der Waals surface area contributed by atoms with Gasteiger partial charge in [0, 0.05) is 37.7 Å². The minimum atomic E-state index is -4.49. The number of amides is 1. The van der Waals surface area contributed by atoms with Crippen LogP contribution >= 0.6 is 0 Å². The number of carbonyl (C=O) groups is 1. The third kappa shape index (κ3) is 7.81. The van der Waals surface area contributed by atoms with E-state index < -0.39 is 17.5 Å². The fourth-order valence-electron chi connectivity index (χ4n) is 8.28. The number of aryl methyl sites for hydroxylation is 1. The number of nitrogens with zero attached hydrogens (tertiary/aromatic N) is 4. The van der Waals surface area contributed by atoms with E-state index in [9.17, 15) is 18.0 Å². The third-order valence-corrected chi connectivity index (χ3v) is 11.2. The molecule has 11 nitrogen and oxygen atoms in total. The zero-order valence-corrected chi connectivity index (χ0v) is 30.7. The maximum atomic E-state index is 13.0. The fourth-order valence-corrected chi connectivity index (χ4v) is 8.28. The number of aromatic nitrogens is 3. The van der Waals surface area contributed by atoms with Gasteiger partial charge in [-0.05, 0) is 107 Å². The van der Waals surface area contributed by atoms with Crippen LogP contribution < -0.4 is 21.1 Å². The topological polar surface area (TPSA) is 129 Å². The highest BCUT2D eigenvalue weighted by molar-refractivity contribution is 5.94. The van der Waals surface area contributed by atoms with Crippen LogP contribution in [0, 0.1) is 18.8 Å². The van der Waals surface area contributed by atoms with Crippen molar-refractivity contribution in [3.05, 3.63) is 71.7 Å². The molecule has 4 atom stereocenters. The molecule has 0 unspecified atom stereocenters. The quantitative estimate of drug-likeness (QED) is 0.130. The van der Waals surface area contributed by atoms with Crippen LogP contribution in [0.1, 0.15) is 68.7 Å². The molecule has 0 bridgehead atoms. The number of ether oxygens (including phenoxy) is 3. The summed E-state index contributed by atoms with van der Waals surface area (Å²) in [6, 6.07) is 11.5. The van der Waals surface area contributed by atoms with Crippen molar-refractivity contribution in [1.29, 1.82) is 0 Å². The van der Waals surface area contributed by atoms with Gasteiger partial charge in [0.25, 0.3) is 0 Å². The van der Waals surface area contributed by atoms with Crippen molar-refractivity contribution in [2.24, 2.45) is 11.8 Å². The number of methoxy groups -OCH3 is 1. The van der Waals surface area contributed by atoms with Crippen LogP contribution in [0.25, 0.3) is 11.0 Å². The number of nitrogens with two attached hydrogens (primary N) is 1. The maximum Gasteiger partial charge on any atom is 0.416 e. The monoisotopic (exact) mass is 735 g/mol. The summed E-state index contributed by atoms with van der Waals surface area (Å²) in [5, 5.41) is 7.13. The predicted octanol–water partition coefficient (Wildman–Crippen LogP) is 7.17. The molecule has 2 saturated carbocycles. The molecule has 1 aliphatic heterocycles. The molecule has 3 heterocycles. The van der Waals surface area contributed by atoms with E-state index in [0.29, 0.717) is 24.9 Å². The third-order valence-electron chi connectivity index (χ3n) is 11.2. The average Bonchev–Trinajstić information content (AvgIpc) is 3.75. The molecule has 7 rings (SSSR count). The van der Waals surface area contributed by atoms with Gasteiger partial charge in [-0.25, -0.2) is 9.97 Å². The van der Waals surface area contributed by atoms with Gasteiger partial charge < -0.3 is 40.0 Å². The van der Waals surface area contributed by atoms with Crippen molar-refractivity contribution in [3.63, 3.8) is 0 Å². The molecule has 14 heteroatoms. The zero-order chi connectivity index (χ0) is 37.7. The number of rotatable bonds is 12. The second kappa shape index (κ2) is 14.4. The first-order valence-corrected chi connectivity index (χ1v) is 18.2. The van der Waals surface area contributed by atoms with Gasteiger partial charge in [-0.1, -0.05) is 6.07 Å². The van der Waals surface area contributed by atoms with Gasteiger partial charge in [-0.15, -0.1) is 0 Å². The van der Waals surface area contributed by atoms with E-state index in [1.165, 1.54) is 6.07 Å². The molecule has 4 aromatic rings. The minimum absolute atomic E-state index is 0.0376. The average molecular weight is 736 g/mol. The Hall–Kier alpha value is -4.40. The summed E-state index contributed by atoms with van der Waals surface area (Å²) in [6.45, 7) is 7.49. The first-order chi connectivity index (χ1) is 25.2. The van der Waals surface area contributed by atoms with Crippen molar-refractivity contribution >= 4 is 34.1 Å². The molecule has 3 fully saturated rings. The number of nitrogens with one attached hydrogen (secondary N) is 2.